The molecule has 0 saturated carbocycles. The van der Waals surface area contributed by atoms with Crippen molar-refractivity contribution in [3.05, 3.63) is 57.8 Å². The van der Waals surface area contributed by atoms with Crippen LogP contribution in [0.5, 0.6) is 0 Å². The lowest BCUT2D eigenvalue weighted by Gasteiger charge is -2.11. The Morgan fingerprint density at radius 3 is 2.61 bits per heavy atom. The fourth-order valence-corrected chi connectivity index (χ4v) is 3.96. The molecular formula is C17H23N3OS2. The molecule has 0 fully saturated rings. The number of hydrogen-bond acceptors (Lipinski definition) is 3. The zero-order valence-electron chi connectivity index (χ0n) is 13.5. The second kappa shape index (κ2) is 9.47. The van der Waals surface area contributed by atoms with Gasteiger partial charge in [0.25, 0.3) is 0 Å². The SMILES string of the molecule is CN=C(NCCS(=O)Cc1ccccc1)NCc1ccc(C)s1. The second-order valence-electron chi connectivity index (χ2n) is 5.14. The van der Waals surface area contributed by atoms with Crippen LogP contribution in [0.25, 0.3) is 0 Å². The molecule has 1 aromatic heterocycles. The predicted molar refractivity (Wildman–Crippen MR) is 100 cm³/mol. The average Bonchev–Trinajstić information content (AvgIpc) is 2.97. The molecular weight excluding hydrogens is 326 g/mol. The molecule has 0 radical (unpaired) electrons. The van der Waals surface area contributed by atoms with Gasteiger partial charge in [-0.15, -0.1) is 11.3 Å². The van der Waals surface area contributed by atoms with Crippen LogP contribution < -0.4 is 10.6 Å². The first-order valence-corrected chi connectivity index (χ1v) is 9.86. The molecule has 0 spiro atoms. The summed E-state index contributed by atoms with van der Waals surface area (Å²) in [5.74, 6) is 1.95. The van der Waals surface area contributed by atoms with Gasteiger partial charge in [-0.3, -0.25) is 9.20 Å². The number of aryl methyl sites for hydroxylation is 1. The van der Waals surface area contributed by atoms with Gasteiger partial charge in [0.2, 0.25) is 0 Å². The van der Waals surface area contributed by atoms with Crippen LogP contribution in [0.2, 0.25) is 0 Å². The van der Waals surface area contributed by atoms with Gasteiger partial charge >= 0.3 is 0 Å². The van der Waals surface area contributed by atoms with Gasteiger partial charge in [-0.1, -0.05) is 30.3 Å². The van der Waals surface area contributed by atoms with Gasteiger partial charge in [0.1, 0.15) is 0 Å². The van der Waals surface area contributed by atoms with E-state index in [2.05, 4.69) is 34.7 Å². The maximum absolute atomic E-state index is 12.1. The fourth-order valence-electron chi connectivity index (χ4n) is 2.09. The summed E-state index contributed by atoms with van der Waals surface area (Å²) in [7, 11) is 0.877. The molecule has 0 saturated heterocycles. The van der Waals surface area contributed by atoms with Crippen LogP contribution in [-0.2, 0) is 23.1 Å². The molecule has 0 amide bonds. The van der Waals surface area contributed by atoms with Crippen LogP contribution in [0.3, 0.4) is 0 Å². The molecule has 4 nitrogen and oxygen atoms in total. The summed E-state index contributed by atoms with van der Waals surface area (Å²) in [5.41, 5.74) is 1.11. The number of benzene rings is 1. The van der Waals surface area contributed by atoms with E-state index in [0.29, 0.717) is 18.1 Å². The van der Waals surface area contributed by atoms with Crippen LogP contribution >= 0.6 is 11.3 Å². The van der Waals surface area contributed by atoms with E-state index in [1.54, 1.807) is 18.4 Å². The number of rotatable bonds is 7. The van der Waals surface area contributed by atoms with Crippen LogP contribution in [0.15, 0.2) is 47.5 Å². The molecule has 6 heteroatoms. The Hall–Kier alpha value is -1.66. The highest BCUT2D eigenvalue weighted by molar-refractivity contribution is 7.84. The molecule has 1 unspecified atom stereocenters. The van der Waals surface area contributed by atoms with E-state index in [1.807, 2.05) is 30.3 Å². The maximum Gasteiger partial charge on any atom is 0.191 e. The van der Waals surface area contributed by atoms with Gasteiger partial charge in [0.15, 0.2) is 5.96 Å². The Balaban J connectivity index is 1.68. The summed E-state index contributed by atoms with van der Waals surface area (Å²) >= 11 is 1.78. The zero-order chi connectivity index (χ0) is 16.5. The largest absolute Gasteiger partial charge is 0.355 e. The molecule has 0 bridgehead atoms. The van der Waals surface area contributed by atoms with Gasteiger partial charge in [-0.25, -0.2) is 0 Å². The van der Waals surface area contributed by atoms with Gasteiger partial charge in [-0.05, 0) is 24.6 Å². The van der Waals surface area contributed by atoms with Crippen LogP contribution in [0.4, 0.5) is 0 Å². The first-order chi connectivity index (χ1) is 11.2. The monoisotopic (exact) mass is 349 g/mol. The summed E-state index contributed by atoms with van der Waals surface area (Å²) in [6.07, 6.45) is 0. The number of guanidine groups is 1. The number of hydrogen-bond donors (Lipinski definition) is 2. The highest BCUT2D eigenvalue weighted by atomic mass is 32.2. The molecule has 2 rings (SSSR count). The van der Waals surface area contributed by atoms with E-state index >= 15 is 0 Å². The Bertz CT molecular complexity index is 653. The van der Waals surface area contributed by atoms with Crippen LogP contribution in [-0.4, -0.2) is 29.5 Å². The molecule has 0 aliphatic carbocycles. The number of thiophene rings is 1. The van der Waals surface area contributed by atoms with Gasteiger partial charge in [0, 0.05) is 45.7 Å². The van der Waals surface area contributed by atoms with Crippen molar-refractivity contribution in [2.75, 3.05) is 19.3 Å². The van der Waals surface area contributed by atoms with E-state index in [1.165, 1.54) is 9.75 Å². The summed E-state index contributed by atoms with van der Waals surface area (Å²) < 4.78 is 12.1. The highest BCUT2D eigenvalue weighted by Crippen LogP contribution is 2.14. The minimum absolute atomic E-state index is 0.600. The van der Waals surface area contributed by atoms with E-state index in [0.717, 1.165) is 18.1 Å². The number of nitrogens with one attached hydrogen (secondary N) is 2. The molecule has 23 heavy (non-hydrogen) atoms. The average molecular weight is 350 g/mol. The van der Waals surface area contributed by atoms with Crippen molar-refractivity contribution in [1.29, 1.82) is 0 Å². The minimum atomic E-state index is -0.869. The number of aliphatic imine (C=N–C) groups is 1. The molecule has 0 aliphatic heterocycles. The van der Waals surface area contributed by atoms with E-state index in [-0.39, 0.29) is 0 Å². The summed E-state index contributed by atoms with van der Waals surface area (Å²) in [6, 6.07) is 14.2. The predicted octanol–water partition coefficient (Wildman–Crippen LogP) is 2.67. The quantitative estimate of drug-likeness (QED) is 0.597. The molecule has 2 N–H and O–H groups in total. The second-order valence-corrected chi connectivity index (χ2v) is 8.09. The summed E-state index contributed by atoms with van der Waals surface area (Å²) in [5, 5.41) is 6.49. The molecule has 1 atom stereocenters. The molecule has 124 valence electrons. The van der Waals surface area contributed by atoms with Crippen molar-refractivity contribution < 1.29 is 4.21 Å². The van der Waals surface area contributed by atoms with E-state index < -0.39 is 10.8 Å². The first kappa shape index (κ1) is 17.7. The molecule has 1 heterocycles. The third kappa shape index (κ3) is 6.54. The molecule has 2 aromatic rings. The smallest absolute Gasteiger partial charge is 0.191 e. The third-order valence-electron chi connectivity index (χ3n) is 3.24. The van der Waals surface area contributed by atoms with Crippen molar-refractivity contribution in [1.82, 2.24) is 10.6 Å². The normalized spacial score (nSPS) is 12.9. The van der Waals surface area contributed by atoms with Gasteiger partial charge in [0.05, 0.1) is 6.54 Å². The lowest BCUT2D eigenvalue weighted by Crippen LogP contribution is -2.38. The van der Waals surface area contributed by atoms with Gasteiger partial charge < -0.3 is 10.6 Å². The summed E-state index contributed by atoms with van der Waals surface area (Å²) in [4.78, 5) is 6.77. The van der Waals surface area contributed by atoms with Crippen molar-refractivity contribution in [3.63, 3.8) is 0 Å². The highest BCUT2D eigenvalue weighted by Gasteiger charge is 2.03. The van der Waals surface area contributed by atoms with E-state index in [4.69, 9.17) is 0 Å². The Labute approximate surface area is 144 Å². The third-order valence-corrected chi connectivity index (χ3v) is 5.56. The number of nitrogens with zero attached hydrogens (tertiary/aromatic N) is 1. The van der Waals surface area contributed by atoms with E-state index in [9.17, 15) is 4.21 Å². The lowest BCUT2D eigenvalue weighted by atomic mass is 10.2. The van der Waals surface area contributed by atoms with Crippen molar-refractivity contribution >= 4 is 28.1 Å². The molecule has 0 aliphatic rings. The standard InChI is InChI=1S/C17H23N3OS2/c1-14-8-9-16(22-14)12-20-17(18-2)19-10-11-23(21)13-15-6-4-3-5-7-15/h3-9H,10-13H2,1-2H3,(H2,18,19,20). The maximum atomic E-state index is 12.1. The van der Waals surface area contributed by atoms with Gasteiger partial charge in [-0.2, -0.15) is 0 Å². The van der Waals surface area contributed by atoms with Crippen molar-refractivity contribution in [3.8, 4) is 0 Å². The zero-order valence-corrected chi connectivity index (χ0v) is 15.2. The van der Waals surface area contributed by atoms with Crippen molar-refractivity contribution in [2.45, 2.75) is 19.2 Å². The Kier molecular flexibility index (Phi) is 7.29. The topological polar surface area (TPSA) is 53.5 Å². The Morgan fingerprint density at radius 1 is 1.17 bits per heavy atom. The Morgan fingerprint density at radius 2 is 1.96 bits per heavy atom. The molecule has 1 aromatic carbocycles. The van der Waals surface area contributed by atoms with Crippen LogP contribution in [0, 0.1) is 6.92 Å². The minimum Gasteiger partial charge on any atom is -0.355 e. The fraction of sp³-hybridized carbons (Fsp3) is 0.353. The van der Waals surface area contributed by atoms with Crippen LogP contribution in [0.1, 0.15) is 15.3 Å². The summed E-state index contributed by atoms with van der Waals surface area (Å²) in [6.45, 7) is 3.50. The van der Waals surface area contributed by atoms with Crippen molar-refractivity contribution in [2.24, 2.45) is 4.99 Å². The first-order valence-electron chi connectivity index (χ1n) is 7.56. The lowest BCUT2D eigenvalue weighted by molar-refractivity contribution is 0.680.